The summed E-state index contributed by atoms with van der Waals surface area (Å²) >= 11 is 0. The molecule has 0 unspecified atom stereocenters. The second-order valence-corrected chi connectivity index (χ2v) is 7.32. The number of hydrogen-bond donors (Lipinski definition) is 1. The highest BCUT2D eigenvalue weighted by Gasteiger charge is 2.33. The minimum absolute atomic E-state index is 0.0579. The van der Waals surface area contributed by atoms with E-state index < -0.39 is 10.0 Å². The Morgan fingerprint density at radius 1 is 1.50 bits per heavy atom. The van der Waals surface area contributed by atoms with E-state index in [1.807, 2.05) is 4.57 Å². The van der Waals surface area contributed by atoms with Gasteiger partial charge < -0.3 is 14.6 Å². The maximum atomic E-state index is 12.1. The SMILES string of the molecule is CCS(=O)(=O)N1CCn2cc(C(=O)NCCOC)nc2[C@@H]1C. The second kappa shape index (κ2) is 6.76. The Morgan fingerprint density at radius 2 is 2.23 bits per heavy atom. The normalized spacial score (nSPS) is 19.0. The molecule has 0 saturated carbocycles. The molecule has 1 atom stereocenters. The summed E-state index contributed by atoms with van der Waals surface area (Å²) < 4.78 is 32.3. The Balaban J connectivity index is 2.17. The summed E-state index contributed by atoms with van der Waals surface area (Å²) in [6.07, 6.45) is 1.67. The Kier molecular flexibility index (Phi) is 5.20. The van der Waals surface area contributed by atoms with Crippen LogP contribution >= 0.6 is 0 Å². The average molecular weight is 330 g/mol. The van der Waals surface area contributed by atoms with Gasteiger partial charge in [0.2, 0.25) is 10.0 Å². The molecule has 8 nitrogen and oxygen atoms in total. The van der Waals surface area contributed by atoms with Gasteiger partial charge in [0, 0.05) is 32.9 Å². The minimum atomic E-state index is -3.28. The number of methoxy groups -OCH3 is 1. The molecule has 0 fully saturated rings. The number of aromatic nitrogens is 2. The number of fused-ring (bicyclic) bond motifs is 1. The number of amides is 1. The number of imidazole rings is 1. The third-order valence-electron chi connectivity index (χ3n) is 3.72. The first-order chi connectivity index (χ1) is 10.4. The molecule has 1 aliphatic heterocycles. The van der Waals surface area contributed by atoms with E-state index >= 15 is 0 Å². The van der Waals surface area contributed by atoms with Crippen molar-refractivity contribution in [3.05, 3.63) is 17.7 Å². The van der Waals surface area contributed by atoms with Crippen molar-refractivity contribution in [2.45, 2.75) is 26.4 Å². The summed E-state index contributed by atoms with van der Waals surface area (Å²) in [5, 5.41) is 2.70. The summed E-state index contributed by atoms with van der Waals surface area (Å²) in [6, 6.07) is -0.376. The van der Waals surface area contributed by atoms with Crippen molar-refractivity contribution in [1.82, 2.24) is 19.2 Å². The van der Waals surface area contributed by atoms with Crippen molar-refractivity contribution in [3.8, 4) is 0 Å². The molecule has 0 radical (unpaired) electrons. The standard InChI is InChI=1S/C13H22N4O4S/c1-4-22(19,20)17-7-6-16-9-11(15-12(16)10(17)2)13(18)14-5-8-21-3/h9-10H,4-8H2,1-3H3,(H,14,18)/t10-/m0/s1. The van der Waals surface area contributed by atoms with Crippen LogP contribution in [0.4, 0.5) is 0 Å². The van der Waals surface area contributed by atoms with Gasteiger partial charge >= 0.3 is 0 Å². The van der Waals surface area contributed by atoms with Crippen molar-refractivity contribution in [1.29, 1.82) is 0 Å². The van der Waals surface area contributed by atoms with Crippen molar-refractivity contribution in [3.63, 3.8) is 0 Å². The van der Waals surface area contributed by atoms with Gasteiger partial charge in [-0.25, -0.2) is 13.4 Å². The van der Waals surface area contributed by atoms with Gasteiger partial charge in [0.05, 0.1) is 18.4 Å². The molecule has 124 valence electrons. The number of nitrogens with one attached hydrogen (secondary N) is 1. The number of hydrogen-bond acceptors (Lipinski definition) is 5. The van der Waals surface area contributed by atoms with Gasteiger partial charge in [0.15, 0.2) is 0 Å². The first-order valence-corrected chi connectivity index (χ1v) is 8.85. The fourth-order valence-electron chi connectivity index (χ4n) is 2.48. The quantitative estimate of drug-likeness (QED) is 0.740. The molecule has 0 bridgehead atoms. The third kappa shape index (κ3) is 3.31. The molecule has 0 saturated heterocycles. The number of carbonyl (C=O) groups is 1. The molecular weight excluding hydrogens is 308 g/mol. The van der Waals surface area contributed by atoms with Crippen molar-refractivity contribution in [2.75, 3.05) is 32.6 Å². The summed E-state index contributed by atoms with van der Waals surface area (Å²) in [5.41, 5.74) is 0.300. The van der Waals surface area contributed by atoms with Gasteiger partial charge in [0.1, 0.15) is 11.5 Å². The van der Waals surface area contributed by atoms with Crippen LogP contribution in [-0.2, 0) is 21.3 Å². The number of sulfonamides is 1. The van der Waals surface area contributed by atoms with Gasteiger partial charge in [-0.3, -0.25) is 4.79 Å². The van der Waals surface area contributed by atoms with E-state index in [4.69, 9.17) is 4.74 Å². The van der Waals surface area contributed by atoms with Gasteiger partial charge in [-0.1, -0.05) is 0 Å². The maximum Gasteiger partial charge on any atom is 0.271 e. The zero-order valence-electron chi connectivity index (χ0n) is 13.1. The van der Waals surface area contributed by atoms with Crippen LogP contribution in [0.2, 0.25) is 0 Å². The zero-order valence-corrected chi connectivity index (χ0v) is 13.9. The van der Waals surface area contributed by atoms with Gasteiger partial charge in [0.25, 0.3) is 5.91 Å². The molecule has 0 spiro atoms. The highest BCUT2D eigenvalue weighted by Crippen LogP contribution is 2.27. The monoisotopic (exact) mass is 330 g/mol. The third-order valence-corrected chi connectivity index (χ3v) is 5.66. The highest BCUT2D eigenvalue weighted by molar-refractivity contribution is 7.89. The molecule has 0 aromatic carbocycles. The van der Waals surface area contributed by atoms with Crippen molar-refractivity contribution >= 4 is 15.9 Å². The van der Waals surface area contributed by atoms with Crippen LogP contribution in [0.3, 0.4) is 0 Å². The van der Waals surface area contributed by atoms with Crippen LogP contribution in [-0.4, -0.2) is 60.7 Å². The lowest BCUT2D eigenvalue weighted by Gasteiger charge is -2.32. The summed E-state index contributed by atoms with van der Waals surface area (Å²) in [5.74, 6) is 0.374. The fraction of sp³-hybridized carbons (Fsp3) is 0.692. The van der Waals surface area contributed by atoms with Crippen LogP contribution < -0.4 is 5.32 Å². The van der Waals surface area contributed by atoms with Crippen LogP contribution in [0, 0.1) is 0 Å². The molecule has 22 heavy (non-hydrogen) atoms. The second-order valence-electron chi connectivity index (χ2n) is 5.11. The molecule has 1 aromatic rings. The Labute approximate surface area is 130 Å². The summed E-state index contributed by atoms with van der Waals surface area (Å²) in [4.78, 5) is 16.3. The Bertz CT molecular complexity index is 640. The fourth-order valence-corrected chi connectivity index (χ4v) is 3.75. The summed E-state index contributed by atoms with van der Waals surface area (Å²) in [7, 11) is -1.72. The molecule has 1 aliphatic rings. The molecule has 1 amide bonds. The van der Waals surface area contributed by atoms with Crippen LogP contribution in [0.15, 0.2) is 6.20 Å². The molecule has 2 rings (SSSR count). The minimum Gasteiger partial charge on any atom is -0.383 e. The van der Waals surface area contributed by atoms with E-state index in [9.17, 15) is 13.2 Å². The molecule has 2 heterocycles. The van der Waals surface area contributed by atoms with Crippen molar-refractivity contribution in [2.24, 2.45) is 0 Å². The lowest BCUT2D eigenvalue weighted by atomic mass is 10.2. The molecular formula is C13H22N4O4S. The number of carbonyl (C=O) groups excluding carboxylic acids is 1. The molecule has 0 aliphatic carbocycles. The van der Waals surface area contributed by atoms with E-state index in [1.54, 1.807) is 27.2 Å². The number of rotatable bonds is 6. The van der Waals surface area contributed by atoms with E-state index in [1.165, 1.54) is 4.31 Å². The lowest BCUT2D eigenvalue weighted by Crippen LogP contribution is -2.41. The smallest absolute Gasteiger partial charge is 0.271 e. The predicted octanol–water partition coefficient (Wildman–Crippen LogP) is -0.0144. The van der Waals surface area contributed by atoms with Gasteiger partial charge in [-0.15, -0.1) is 0 Å². The van der Waals surface area contributed by atoms with Crippen LogP contribution in [0.25, 0.3) is 0 Å². The average Bonchev–Trinajstić information content (AvgIpc) is 2.92. The van der Waals surface area contributed by atoms with Gasteiger partial charge in [-0.05, 0) is 13.8 Å². The lowest BCUT2D eigenvalue weighted by molar-refractivity contribution is 0.0932. The molecule has 9 heteroatoms. The molecule has 1 N–H and O–H groups in total. The van der Waals surface area contributed by atoms with E-state index in [0.717, 1.165) is 0 Å². The largest absolute Gasteiger partial charge is 0.383 e. The van der Waals surface area contributed by atoms with E-state index in [0.29, 0.717) is 37.8 Å². The van der Waals surface area contributed by atoms with Crippen LogP contribution in [0.1, 0.15) is 36.2 Å². The topological polar surface area (TPSA) is 93.5 Å². The summed E-state index contributed by atoms with van der Waals surface area (Å²) in [6.45, 7) is 5.14. The number of ether oxygens (including phenoxy) is 1. The van der Waals surface area contributed by atoms with Crippen molar-refractivity contribution < 1.29 is 17.9 Å². The Hall–Kier alpha value is -1.45. The molecule has 1 aromatic heterocycles. The highest BCUT2D eigenvalue weighted by atomic mass is 32.2. The van der Waals surface area contributed by atoms with E-state index in [-0.39, 0.29) is 17.7 Å². The van der Waals surface area contributed by atoms with Gasteiger partial charge in [-0.2, -0.15) is 4.31 Å². The first kappa shape index (κ1) is 16.9. The van der Waals surface area contributed by atoms with Crippen LogP contribution in [0.5, 0.6) is 0 Å². The number of nitrogens with zero attached hydrogens (tertiary/aromatic N) is 3. The maximum absolute atomic E-state index is 12.1. The predicted molar refractivity (Wildman–Crippen MR) is 81.0 cm³/mol. The zero-order chi connectivity index (χ0) is 16.3. The van der Waals surface area contributed by atoms with E-state index in [2.05, 4.69) is 10.3 Å². The first-order valence-electron chi connectivity index (χ1n) is 7.24. The Morgan fingerprint density at radius 3 is 2.86 bits per heavy atom.